The summed E-state index contributed by atoms with van der Waals surface area (Å²) in [5.41, 5.74) is -1.31. The van der Waals surface area contributed by atoms with Crippen molar-refractivity contribution >= 4 is 17.5 Å². The summed E-state index contributed by atoms with van der Waals surface area (Å²) >= 11 is 0. The van der Waals surface area contributed by atoms with E-state index in [0.29, 0.717) is 17.5 Å². The molecule has 0 unspecified atom stereocenters. The maximum absolute atomic E-state index is 14.5. The number of ether oxygens (including phenoxy) is 1. The average molecular weight is 713 g/mol. The molecule has 16 heteroatoms. The molecule has 6 rings (SSSR count). The van der Waals surface area contributed by atoms with Crippen LogP contribution in [-0.2, 0) is 37.2 Å². The molecule has 3 heterocycles. The normalized spacial score (nSPS) is 17.4. The number of nitrogens with zero attached hydrogens (tertiary/aromatic N) is 7. The van der Waals surface area contributed by atoms with Crippen molar-refractivity contribution in [2.75, 3.05) is 30.9 Å². The Morgan fingerprint density at radius 3 is 2.45 bits per heavy atom. The summed E-state index contributed by atoms with van der Waals surface area (Å²) in [7, 11) is 5.06. The molecule has 0 spiro atoms. The number of carbonyl (C=O) groups is 1. The average Bonchev–Trinajstić information content (AvgIpc) is 3.63. The maximum Gasteiger partial charge on any atom is 0.416 e. The van der Waals surface area contributed by atoms with E-state index < -0.39 is 35.9 Å². The van der Waals surface area contributed by atoms with E-state index in [1.54, 1.807) is 14.2 Å². The van der Waals surface area contributed by atoms with Crippen molar-refractivity contribution in [2.24, 2.45) is 7.05 Å². The van der Waals surface area contributed by atoms with Gasteiger partial charge >= 0.3 is 12.4 Å². The number of halogens is 6. The van der Waals surface area contributed by atoms with E-state index in [2.05, 4.69) is 20.5 Å². The van der Waals surface area contributed by atoms with Crippen molar-refractivity contribution in [2.45, 2.75) is 63.3 Å². The summed E-state index contributed by atoms with van der Waals surface area (Å²) in [6.45, 7) is -0.0203. The van der Waals surface area contributed by atoms with E-state index in [4.69, 9.17) is 10.00 Å². The van der Waals surface area contributed by atoms with E-state index in [0.717, 1.165) is 35.9 Å². The number of aryl methyl sites for hydroxylation is 1. The molecule has 1 saturated carbocycles. The minimum absolute atomic E-state index is 0.0651. The molecule has 268 valence electrons. The number of aromatic nitrogens is 4. The fourth-order valence-corrected chi connectivity index (χ4v) is 6.47. The molecule has 2 aromatic carbocycles. The van der Waals surface area contributed by atoms with Gasteiger partial charge in [-0.05, 0) is 91.0 Å². The zero-order valence-electron chi connectivity index (χ0n) is 27.9. The van der Waals surface area contributed by atoms with Crippen LogP contribution >= 0.6 is 0 Å². The summed E-state index contributed by atoms with van der Waals surface area (Å²) in [6.07, 6.45) is -5.85. The van der Waals surface area contributed by atoms with Crippen LogP contribution in [0, 0.1) is 11.3 Å². The van der Waals surface area contributed by atoms with Crippen molar-refractivity contribution in [1.82, 2.24) is 24.6 Å². The standard InChI is InChI=1S/C35H34F6N8O2/c1-47(23-15-24(16-23)51-3)17-20-10-27-28(29(11-20)35(39,40)41)18-49(33(27)50)31-13-21(12-30(45-31)43-9-5-4-8-42)26-14-22(34(36,37)38)6-7-25(26)32-46-44-19-48(32)2/h6-7,10-14,19,23-24H,4-5,9,15-18H2,1-3H3,(H,43,45)/t23-,24+. The number of hydrogen-bond acceptors (Lipinski definition) is 8. The molecule has 1 aliphatic carbocycles. The van der Waals surface area contributed by atoms with Crippen LogP contribution in [-0.4, -0.2) is 63.4 Å². The van der Waals surface area contributed by atoms with Gasteiger partial charge in [-0.3, -0.25) is 14.6 Å². The number of anilines is 2. The highest BCUT2D eigenvalue weighted by molar-refractivity contribution is 6.10. The molecule has 2 aromatic heterocycles. The summed E-state index contributed by atoms with van der Waals surface area (Å²) in [6, 6.07) is 10.7. The number of nitrogens with one attached hydrogen (secondary N) is 1. The van der Waals surface area contributed by atoms with Gasteiger partial charge in [-0.2, -0.15) is 31.6 Å². The van der Waals surface area contributed by atoms with Crippen LogP contribution in [0.15, 0.2) is 48.8 Å². The molecule has 10 nitrogen and oxygen atoms in total. The lowest BCUT2D eigenvalue weighted by molar-refractivity contribution is -0.138. The van der Waals surface area contributed by atoms with Crippen LogP contribution in [0.3, 0.4) is 0 Å². The van der Waals surface area contributed by atoms with Crippen molar-refractivity contribution in [1.29, 1.82) is 5.26 Å². The number of carbonyl (C=O) groups excluding carboxylic acids is 1. The molecule has 1 fully saturated rings. The number of pyridine rings is 1. The Morgan fingerprint density at radius 1 is 1.04 bits per heavy atom. The number of methoxy groups -OCH3 is 1. The van der Waals surface area contributed by atoms with Crippen molar-refractivity contribution in [3.8, 4) is 28.6 Å². The Morgan fingerprint density at radius 2 is 1.80 bits per heavy atom. The Bertz CT molecular complexity index is 1980. The third-order valence-electron chi connectivity index (χ3n) is 9.34. The van der Waals surface area contributed by atoms with Crippen LogP contribution in [0.1, 0.15) is 58.3 Å². The van der Waals surface area contributed by atoms with E-state index in [1.807, 2.05) is 18.0 Å². The van der Waals surface area contributed by atoms with E-state index in [-0.39, 0.29) is 71.4 Å². The molecule has 1 N–H and O–H groups in total. The van der Waals surface area contributed by atoms with Crippen LogP contribution in [0.5, 0.6) is 0 Å². The zero-order valence-corrected chi connectivity index (χ0v) is 27.9. The first-order valence-corrected chi connectivity index (χ1v) is 16.1. The molecule has 0 bridgehead atoms. The van der Waals surface area contributed by atoms with Gasteiger partial charge in [0.25, 0.3) is 5.91 Å². The summed E-state index contributed by atoms with van der Waals surface area (Å²) in [5.74, 6) is -0.374. The highest BCUT2D eigenvalue weighted by Gasteiger charge is 2.42. The zero-order chi connectivity index (χ0) is 36.7. The van der Waals surface area contributed by atoms with Crippen molar-refractivity contribution in [3.05, 3.63) is 76.6 Å². The second-order valence-electron chi connectivity index (χ2n) is 12.8. The maximum atomic E-state index is 14.5. The smallest absolute Gasteiger partial charge is 0.381 e. The Hall–Kier alpha value is -5.01. The summed E-state index contributed by atoms with van der Waals surface area (Å²) < 4.78 is 92.4. The van der Waals surface area contributed by atoms with Gasteiger partial charge in [-0.15, -0.1) is 10.2 Å². The molecule has 51 heavy (non-hydrogen) atoms. The summed E-state index contributed by atoms with van der Waals surface area (Å²) in [4.78, 5) is 21.6. The second kappa shape index (κ2) is 14.0. The molecular formula is C35H34F6N8O2. The van der Waals surface area contributed by atoms with Gasteiger partial charge in [-0.1, -0.05) is 0 Å². The lowest BCUT2D eigenvalue weighted by Crippen LogP contribution is -2.45. The van der Waals surface area contributed by atoms with Crippen molar-refractivity contribution < 1.29 is 35.9 Å². The van der Waals surface area contributed by atoms with Gasteiger partial charge < -0.3 is 14.6 Å². The van der Waals surface area contributed by atoms with E-state index in [1.165, 1.54) is 35.2 Å². The monoisotopic (exact) mass is 712 g/mol. The first-order valence-electron chi connectivity index (χ1n) is 16.1. The van der Waals surface area contributed by atoms with Crippen LogP contribution in [0.2, 0.25) is 0 Å². The van der Waals surface area contributed by atoms with E-state index >= 15 is 0 Å². The first-order chi connectivity index (χ1) is 24.2. The molecule has 2 aliphatic rings. The SMILES string of the molecule is CO[C@H]1C[C@@H](N(C)Cc2cc3c(c(C(F)(F)F)c2)CN(c2cc(-c4cc(C(F)(F)F)ccc4-c4nncn4C)cc(NCCCC#N)n2)C3=O)C1. The van der Waals surface area contributed by atoms with Crippen LogP contribution in [0.25, 0.3) is 22.5 Å². The topological polar surface area (TPSA) is 112 Å². The van der Waals surface area contributed by atoms with Gasteiger partial charge in [0.15, 0.2) is 5.82 Å². The molecule has 0 saturated heterocycles. The first kappa shape index (κ1) is 35.8. The van der Waals surface area contributed by atoms with E-state index in [9.17, 15) is 31.1 Å². The molecule has 0 atom stereocenters. The molecule has 1 aliphatic heterocycles. The Kier molecular flexibility index (Phi) is 9.80. The van der Waals surface area contributed by atoms with Gasteiger partial charge in [-0.25, -0.2) is 4.98 Å². The number of rotatable bonds is 11. The Labute approximate surface area is 289 Å². The highest BCUT2D eigenvalue weighted by Crippen LogP contribution is 2.42. The summed E-state index contributed by atoms with van der Waals surface area (Å²) in [5, 5.41) is 20.0. The number of alkyl halides is 6. The number of hydrogen-bond donors (Lipinski definition) is 1. The largest absolute Gasteiger partial charge is 0.416 e. The number of fused-ring (bicyclic) bond motifs is 1. The molecule has 0 radical (unpaired) electrons. The predicted molar refractivity (Wildman–Crippen MR) is 175 cm³/mol. The molecular weight excluding hydrogens is 678 g/mol. The lowest BCUT2D eigenvalue weighted by atomic mass is 9.87. The minimum Gasteiger partial charge on any atom is -0.381 e. The van der Waals surface area contributed by atoms with Gasteiger partial charge in [0.1, 0.15) is 18.0 Å². The highest BCUT2D eigenvalue weighted by atomic mass is 19.4. The van der Waals surface area contributed by atoms with Crippen molar-refractivity contribution in [3.63, 3.8) is 0 Å². The van der Waals surface area contributed by atoms with Gasteiger partial charge in [0, 0.05) is 50.8 Å². The molecule has 4 aromatic rings. The number of nitriles is 1. The quantitative estimate of drug-likeness (QED) is 0.130. The Balaban J connectivity index is 1.43. The molecule has 1 amide bonds. The minimum atomic E-state index is -4.77. The third kappa shape index (κ3) is 7.40. The number of benzene rings is 2. The van der Waals surface area contributed by atoms with Crippen LogP contribution < -0.4 is 10.2 Å². The fraction of sp³-hybridized carbons (Fsp3) is 0.400. The second-order valence-corrected chi connectivity index (χ2v) is 12.8. The predicted octanol–water partition coefficient (Wildman–Crippen LogP) is 7.07. The van der Waals surface area contributed by atoms with Crippen LogP contribution in [0.4, 0.5) is 38.0 Å². The lowest BCUT2D eigenvalue weighted by Gasteiger charge is -2.40. The third-order valence-corrected chi connectivity index (χ3v) is 9.34. The number of amides is 1. The fourth-order valence-electron chi connectivity index (χ4n) is 6.47. The number of unbranched alkanes of at least 4 members (excludes halogenated alkanes) is 1. The van der Waals surface area contributed by atoms with Gasteiger partial charge in [0.2, 0.25) is 0 Å². The van der Waals surface area contributed by atoms with Gasteiger partial charge in [0.05, 0.1) is 29.8 Å².